The van der Waals surface area contributed by atoms with Crippen LogP contribution in [0, 0.1) is 10.1 Å². The zero-order valence-electron chi connectivity index (χ0n) is 7.23. The van der Waals surface area contributed by atoms with E-state index in [9.17, 15) is 23.3 Å². The maximum atomic E-state index is 12.6. The smallest absolute Gasteiger partial charge is 0.310 e. The van der Waals surface area contributed by atoms with Crippen LogP contribution >= 0.6 is 0 Å². The van der Waals surface area contributed by atoms with Crippen molar-refractivity contribution in [2.24, 2.45) is 0 Å². The van der Waals surface area contributed by atoms with Gasteiger partial charge in [-0.2, -0.15) is 0 Å². The molecule has 0 amide bonds. The Balaban J connectivity index is 2.89. The first-order valence-corrected chi connectivity index (χ1v) is 3.79. The minimum Gasteiger partial charge on any atom is -0.346 e. The quantitative estimate of drug-likeness (QED) is 0.479. The fraction of sp³-hybridized carbons (Fsp3) is 0.286. The largest absolute Gasteiger partial charge is 0.346 e. The van der Waals surface area contributed by atoms with Crippen LogP contribution in [0.2, 0.25) is 0 Å². The molecule has 1 atom stereocenters. The molecule has 1 unspecified atom stereocenters. The number of nitrogens with zero attached hydrogens (tertiary/aromatic N) is 2. The van der Waals surface area contributed by atoms with Crippen molar-refractivity contribution in [3.8, 4) is 0 Å². The Hall–Kier alpha value is -1.86. The third-order valence-corrected chi connectivity index (χ3v) is 1.51. The van der Waals surface area contributed by atoms with Crippen LogP contribution < -0.4 is 5.32 Å². The van der Waals surface area contributed by atoms with E-state index in [4.69, 9.17) is 0 Å². The predicted octanol–water partition coefficient (Wildman–Crippen LogP) is 1.96. The van der Waals surface area contributed by atoms with E-state index in [1.807, 2.05) is 0 Å². The van der Waals surface area contributed by atoms with Crippen LogP contribution in [0.5, 0.6) is 0 Å². The third-order valence-electron chi connectivity index (χ3n) is 1.51. The van der Waals surface area contributed by atoms with E-state index in [-0.39, 0.29) is 5.69 Å². The van der Waals surface area contributed by atoms with Crippen molar-refractivity contribution in [3.63, 3.8) is 0 Å². The lowest BCUT2D eigenvalue weighted by Gasteiger charge is -2.10. The van der Waals surface area contributed by atoms with Crippen molar-refractivity contribution in [1.29, 1.82) is 0 Å². The molecule has 8 heteroatoms. The van der Waals surface area contributed by atoms with Crippen molar-refractivity contribution in [2.45, 2.75) is 12.7 Å². The highest BCUT2D eigenvalue weighted by Gasteiger charge is 2.22. The lowest BCUT2D eigenvalue weighted by Crippen LogP contribution is -2.22. The van der Waals surface area contributed by atoms with Gasteiger partial charge in [-0.15, -0.1) is 0 Å². The van der Waals surface area contributed by atoms with E-state index >= 15 is 0 Å². The SMILES string of the molecule is O=[N+]([O-])c1cnccc1NC(F)C(F)F. The van der Waals surface area contributed by atoms with Crippen LogP contribution in [-0.2, 0) is 0 Å². The molecular formula is C7H6F3N3O2. The highest BCUT2D eigenvalue weighted by molar-refractivity contribution is 5.59. The molecule has 82 valence electrons. The average molecular weight is 221 g/mol. The topological polar surface area (TPSA) is 68.1 Å². The Kier molecular flexibility index (Phi) is 3.42. The summed E-state index contributed by atoms with van der Waals surface area (Å²) in [5.41, 5.74) is -0.886. The molecule has 0 radical (unpaired) electrons. The number of hydrogen-bond acceptors (Lipinski definition) is 4. The summed E-state index contributed by atoms with van der Waals surface area (Å²) in [6.45, 7) is 0. The zero-order valence-corrected chi connectivity index (χ0v) is 7.23. The van der Waals surface area contributed by atoms with Gasteiger partial charge in [0.15, 0.2) is 0 Å². The molecule has 5 nitrogen and oxygen atoms in total. The molecule has 1 aromatic heterocycles. The number of nitro groups is 1. The van der Waals surface area contributed by atoms with E-state index in [0.717, 1.165) is 18.5 Å². The van der Waals surface area contributed by atoms with Crippen LogP contribution in [0.15, 0.2) is 18.5 Å². The Bertz CT molecular complexity index is 361. The zero-order chi connectivity index (χ0) is 11.4. The second-order valence-electron chi connectivity index (χ2n) is 2.53. The molecule has 0 fully saturated rings. The van der Waals surface area contributed by atoms with Gasteiger partial charge in [-0.05, 0) is 6.07 Å². The monoisotopic (exact) mass is 221 g/mol. The number of halogens is 3. The highest BCUT2D eigenvalue weighted by Crippen LogP contribution is 2.23. The van der Waals surface area contributed by atoms with E-state index in [2.05, 4.69) is 4.98 Å². The minimum absolute atomic E-state index is 0.331. The minimum atomic E-state index is -3.25. The molecule has 0 aliphatic heterocycles. The van der Waals surface area contributed by atoms with E-state index in [0.29, 0.717) is 0 Å². The highest BCUT2D eigenvalue weighted by atomic mass is 19.3. The summed E-state index contributed by atoms with van der Waals surface area (Å²) in [7, 11) is 0. The standard InChI is InChI=1S/C7H6F3N3O2/c8-6(9)7(10)12-4-1-2-11-3-5(4)13(14)15/h1-3,6-7H,(H,11,12). The van der Waals surface area contributed by atoms with Gasteiger partial charge in [0.2, 0.25) is 6.30 Å². The Morgan fingerprint density at radius 3 is 2.67 bits per heavy atom. The summed E-state index contributed by atoms with van der Waals surface area (Å²) in [4.78, 5) is 13.0. The molecule has 1 rings (SSSR count). The predicted molar refractivity (Wildman–Crippen MR) is 45.4 cm³/mol. The number of rotatable bonds is 4. The van der Waals surface area contributed by atoms with Gasteiger partial charge in [0.25, 0.3) is 6.43 Å². The normalized spacial score (nSPS) is 12.5. The molecule has 0 saturated heterocycles. The number of aromatic nitrogens is 1. The molecule has 15 heavy (non-hydrogen) atoms. The molecule has 0 aromatic carbocycles. The number of alkyl halides is 3. The molecule has 0 bridgehead atoms. The second-order valence-corrected chi connectivity index (χ2v) is 2.53. The van der Waals surface area contributed by atoms with Crippen LogP contribution in [0.4, 0.5) is 24.5 Å². The summed E-state index contributed by atoms with van der Waals surface area (Å²) in [5, 5.41) is 12.1. The van der Waals surface area contributed by atoms with Gasteiger partial charge < -0.3 is 5.32 Å². The molecule has 0 saturated carbocycles. The van der Waals surface area contributed by atoms with Gasteiger partial charge in [0, 0.05) is 6.20 Å². The average Bonchev–Trinajstić information content (AvgIpc) is 2.18. The fourth-order valence-corrected chi connectivity index (χ4v) is 0.865. The summed E-state index contributed by atoms with van der Waals surface area (Å²) in [6, 6.07) is 1.05. The molecule has 1 aromatic rings. The van der Waals surface area contributed by atoms with Gasteiger partial charge in [-0.1, -0.05) is 0 Å². The van der Waals surface area contributed by atoms with Crippen molar-refractivity contribution in [2.75, 3.05) is 5.32 Å². The molecule has 1 N–H and O–H groups in total. The van der Waals surface area contributed by atoms with Gasteiger partial charge in [0.05, 0.1) is 4.92 Å². The summed E-state index contributed by atoms with van der Waals surface area (Å²) in [5.74, 6) is 0. The van der Waals surface area contributed by atoms with E-state index < -0.39 is 23.3 Å². The van der Waals surface area contributed by atoms with E-state index in [1.54, 1.807) is 5.32 Å². The first-order chi connectivity index (χ1) is 7.02. The summed E-state index contributed by atoms with van der Waals surface area (Å²) >= 11 is 0. The first kappa shape index (κ1) is 11.2. The Labute approximate surface area is 82.1 Å². The van der Waals surface area contributed by atoms with Crippen molar-refractivity contribution < 1.29 is 18.1 Å². The fourth-order valence-electron chi connectivity index (χ4n) is 0.865. The van der Waals surface area contributed by atoms with Crippen molar-refractivity contribution in [1.82, 2.24) is 4.98 Å². The molecule has 0 spiro atoms. The number of pyridine rings is 1. The first-order valence-electron chi connectivity index (χ1n) is 3.79. The second kappa shape index (κ2) is 4.58. The number of hydrogen-bond donors (Lipinski definition) is 1. The molecule has 1 heterocycles. The van der Waals surface area contributed by atoms with Crippen LogP contribution in [0.1, 0.15) is 0 Å². The Morgan fingerprint density at radius 2 is 2.13 bits per heavy atom. The lowest BCUT2D eigenvalue weighted by molar-refractivity contribution is -0.384. The van der Waals surface area contributed by atoms with Crippen LogP contribution in [-0.4, -0.2) is 22.6 Å². The Morgan fingerprint density at radius 1 is 1.47 bits per heavy atom. The summed E-state index contributed by atoms with van der Waals surface area (Å²) < 4.78 is 36.2. The third kappa shape index (κ3) is 2.79. The van der Waals surface area contributed by atoms with Crippen molar-refractivity contribution in [3.05, 3.63) is 28.6 Å². The van der Waals surface area contributed by atoms with Gasteiger partial charge in [-0.3, -0.25) is 15.1 Å². The molecule has 0 aliphatic rings. The molecular weight excluding hydrogens is 215 g/mol. The van der Waals surface area contributed by atoms with Crippen LogP contribution in [0.3, 0.4) is 0 Å². The maximum Gasteiger partial charge on any atom is 0.310 e. The number of nitrogens with one attached hydrogen (secondary N) is 1. The lowest BCUT2D eigenvalue weighted by atomic mass is 10.3. The van der Waals surface area contributed by atoms with Gasteiger partial charge >= 0.3 is 5.69 Å². The summed E-state index contributed by atoms with van der Waals surface area (Å²) in [6.07, 6.45) is -3.92. The van der Waals surface area contributed by atoms with E-state index in [1.165, 1.54) is 0 Å². The number of anilines is 1. The van der Waals surface area contributed by atoms with Gasteiger partial charge in [-0.25, -0.2) is 13.2 Å². The van der Waals surface area contributed by atoms with Gasteiger partial charge in [0.1, 0.15) is 11.9 Å². The maximum absolute atomic E-state index is 12.6. The van der Waals surface area contributed by atoms with Crippen LogP contribution in [0.25, 0.3) is 0 Å². The van der Waals surface area contributed by atoms with Crippen molar-refractivity contribution >= 4 is 11.4 Å². The molecule has 0 aliphatic carbocycles.